The van der Waals surface area contributed by atoms with Crippen molar-refractivity contribution in [2.75, 3.05) is 6.61 Å². The van der Waals surface area contributed by atoms with Gasteiger partial charge in [-0.3, -0.25) is 4.79 Å². The average Bonchev–Trinajstić information content (AvgIpc) is 2.20. The summed E-state index contributed by atoms with van der Waals surface area (Å²) < 4.78 is 4.73. The predicted octanol–water partition coefficient (Wildman–Crippen LogP) is -3.98. The molecule has 1 unspecified atom stereocenters. The third-order valence-electron chi connectivity index (χ3n) is 2.78. The molecule has 1 aliphatic rings. The fourth-order valence-corrected chi connectivity index (χ4v) is 1.70. The molecule has 8 nitrogen and oxygen atoms in total. The first-order valence-electron chi connectivity index (χ1n) is 4.58. The maximum Gasteiger partial charge on any atom is 0.257 e. The van der Waals surface area contributed by atoms with Gasteiger partial charge in [-0.05, 0) is 6.92 Å². The Morgan fingerprint density at radius 2 is 1.94 bits per heavy atom. The minimum atomic E-state index is -2.85. The predicted molar refractivity (Wildman–Crippen MR) is 48.7 cm³/mol. The standard InChI is InChI=1S/C8H15NO7/c1-7(14)8(15,6(9)13)5(12)4(11)3(2-10)16-7/h3-5,10-12,14-15H,2H2,1H3,(H2,9,13)/t3-,4-,5+,7?,8+/m1/s1. The Morgan fingerprint density at radius 3 is 2.31 bits per heavy atom. The SMILES string of the molecule is CC1(O)O[C@H](CO)[C@@H](O)[C@H](O)[C@]1(O)C(N)=O. The van der Waals surface area contributed by atoms with Crippen molar-refractivity contribution >= 4 is 5.91 Å². The highest BCUT2D eigenvalue weighted by molar-refractivity contribution is 5.85. The summed E-state index contributed by atoms with van der Waals surface area (Å²) in [6.45, 7) is 0.193. The van der Waals surface area contributed by atoms with Crippen LogP contribution in [-0.2, 0) is 9.53 Å². The molecule has 0 aromatic heterocycles. The molecule has 1 saturated heterocycles. The van der Waals surface area contributed by atoms with Crippen molar-refractivity contribution in [3.8, 4) is 0 Å². The van der Waals surface area contributed by atoms with E-state index in [0.29, 0.717) is 0 Å². The van der Waals surface area contributed by atoms with Gasteiger partial charge in [0.15, 0.2) is 0 Å². The van der Waals surface area contributed by atoms with Crippen molar-refractivity contribution in [2.24, 2.45) is 5.73 Å². The molecule has 0 aliphatic carbocycles. The summed E-state index contributed by atoms with van der Waals surface area (Å²) in [6, 6.07) is 0. The number of hydrogen-bond acceptors (Lipinski definition) is 7. The molecule has 1 fully saturated rings. The second-order valence-electron chi connectivity index (χ2n) is 3.89. The van der Waals surface area contributed by atoms with Gasteiger partial charge in [-0.25, -0.2) is 0 Å². The molecule has 94 valence electrons. The van der Waals surface area contributed by atoms with E-state index in [9.17, 15) is 25.2 Å². The molecule has 0 radical (unpaired) electrons. The number of carbonyl (C=O) groups excluding carboxylic acids is 1. The number of amides is 1. The highest BCUT2D eigenvalue weighted by Gasteiger charge is 2.64. The molecule has 1 heterocycles. The molecule has 0 aromatic carbocycles. The molecule has 8 heteroatoms. The van der Waals surface area contributed by atoms with Gasteiger partial charge in [-0.1, -0.05) is 0 Å². The zero-order valence-corrected chi connectivity index (χ0v) is 8.57. The quantitative estimate of drug-likeness (QED) is 0.286. The van der Waals surface area contributed by atoms with E-state index in [4.69, 9.17) is 15.6 Å². The van der Waals surface area contributed by atoms with Gasteiger partial charge in [0.1, 0.15) is 18.3 Å². The van der Waals surface area contributed by atoms with E-state index >= 15 is 0 Å². The maximum atomic E-state index is 11.0. The van der Waals surface area contributed by atoms with Crippen LogP contribution < -0.4 is 5.73 Å². The molecule has 0 spiro atoms. The van der Waals surface area contributed by atoms with Crippen LogP contribution in [0.4, 0.5) is 0 Å². The van der Waals surface area contributed by atoms with E-state index in [1.807, 2.05) is 0 Å². The topological polar surface area (TPSA) is 153 Å². The first-order chi connectivity index (χ1) is 7.18. The van der Waals surface area contributed by atoms with Crippen molar-refractivity contribution in [2.45, 2.75) is 36.6 Å². The number of aliphatic hydroxyl groups is 5. The van der Waals surface area contributed by atoms with Crippen LogP contribution in [-0.4, -0.2) is 67.7 Å². The van der Waals surface area contributed by atoms with E-state index in [-0.39, 0.29) is 0 Å². The van der Waals surface area contributed by atoms with Crippen LogP contribution in [0, 0.1) is 0 Å². The van der Waals surface area contributed by atoms with Crippen LogP contribution in [0.25, 0.3) is 0 Å². The second kappa shape index (κ2) is 3.91. The Hall–Kier alpha value is -0.770. The molecule has 5 atom stereocenters. The van der Waals surface area contributed by atoms with Gasteiger partial charge in [-0.15, -0.1) is 0 Å². The molecular weight excluding hydrogens is 222 g/mol. The van der Waals surface area contributed by atoms with Crippen molar-refractivity contribution in [3.63, 3.8) is 0 Å². The summed E-state index contributed by atoms with van der Waals surface area (Å²) in [5.74, 6) is -3.95. The molecule has 1 rings (SSSR count). The zero-order valence-electron chi connectivity index (χ0n) is 8.57. The van der Waals surface area contributed by atoms with Crippen LogP contribution in [0.5, 0.6) is 0 Å². The van der Waals surface area contributed by atoms with Crippen molar-refractivity contribution < 1.29 is 35.1 Å². The smallest absolute Gasteiger partial charge is 0.257 e. The molecule has 16 heavy (non-hydrogen) atoms. The lowest BCUT2D eigenvalue weighted by Gasteiger charge is -2.49. The Kier molecular flexibility index (Phi) is 3.25. The fraction of sp³-hybridized carbons (Fsp3) is 0.875. The van der Waals surface area contributed by atoms with Crippen LogP contribution in [0.3, 0.4) is 0 Å². The van der Waals surface area contributed by atoms with Gasteiger partial charge in [0.05, 0.1) is 6.61 Å². The Bertz CT molecular complexity index is 294. The molecule has 7 N–H and O–H groups in total. The lowest BCUT2D eigenvalue weighted by molar-refractivity contribution is -0.368. The van der Waals surface area contributed by atoms with E-state index in [1.165, 1.54) is 0 Å². The van der Waals surface area contributed by atoms with E-state index < -0.39 is 42.2 Å². The number of primary amides is 1. The summed E-state index contributed by atoms with van der Waals surface area (Å²) in [5, 5.41) is 47.3. The van der Waals surface area contributed by atoms with E-state index in [2.05, 4.69) is 0 Å². The lowest BCUT2D eigenvalue weighted by atomic mass is 9.80. The number of hydrogen-bond donors (Lipinski definition) is 6. The van der Waals surface area contributed by atoms with Crippen molar-refractivity contribution in [1.29, 1.82) is 0 Å². The zero-order chi connectivity index (χ0) is 12.7. The monoisotopic (exact) mass is 237 g/mol. The second-order valence-corrected chi connectivity index (χ2v) is 3.89. The first-order valence-corrected chi connectivity index (χ1v) is 4.58. The fourth-order valence-electron chi connectivity index (χ4n) is 1.70. The summed E-state index contributed by atoms with van der Waals surface area (Å²) in [7, 11) is 0. The van der Waals surface area contributed by atoms with Gasteiger partial charge in [0.2, 0.25) is 11.4 Å². The molecular formula is C8H15NO7. The number of carbonyl (C=O) groups is 1. The maximum absolute atomic E-state index is 11.0. The third kappa shape index (κ3) is 1.59. The van der Waals surface area contributed by atoms with Crippen LogP contribution in [0.15, 0.2) is 0 Å². The number of rotatable bonds is 2. The highest BCUT2D eigenvalue weighted by Crippen LogP contribution is 2.36. The number of nitrogens with two attached hydrogens (primary N) is 1. The average molecular weight is 237 g/mol. The molecule has 0 saturated carbocycles. The molecule has 0 aromatic rings. The molecule has 1 amide bonds. The van der Waals surface area contributed by atoms with Crippen LogP contribution in [0.2, 0.25) is 0 Å². The lowest BCUT2D eigenvalue weighted by Crippen LogP contribution is -2.76. The summed E-state index contributed by atoms with van der Waals surface area (Å²) in [6.07, 6.45) is -5.14. The van der Waals surface area contributed by atoms with Gasteiger partial charge in [0.25, 0.3) is 5.91 Å². The van der Waals surface area contributed by atoms with Crippen molar-refractivity contribution in [1.82, 2.24) is 0 Å². The highest BCUT2D eigenvalue weighted by atomic mass is 16.7. The van der Waals surface area contributed by atoms with Gasteiger partial charge >= 0.3 is 0 Å². The number of ether oxygens (including phenoxy) is 1. The largest absolute Gasteiger partial charge is 0.394 e. The Labute approximate surface area is 90.9 Å². The summed E-state index contributed by atoms with van der Waals surface area (Å²) in [5.41, 5.74) is 2.00. The van der Waals surface area contributed by atoms with E-state index in [0.717, 1.165) is 6.92 Å². The molecule has 1 aliphatic heterocycles. The van der Waals surface area contributed by atoms with Crippen LogP contribution in [0.1, 0.15) is 6.92 Å². The van der Waals surface area contributed by atoms with Crippen LogP contribution >= 0.6 is 0 Å². The van der Waals surface area contributed by atoms with Gasteiger partial charge in [-0.2, -0.15) is 0 Å². The summed E-state index contributed by atoms with van der Waals surface area (Å²) in [4.78, 5) is 11.0. The third-order valence-corrected chi connectivity index (χ3v) is 2.78. The van der Waals surface area contributed by atoms with Gasteiger partial charge in [0, 0.05) is 0 Å². The Morgan fingerprint density at radius 1 is 1.44 bits per heavy atom. The normalized spacial score (nSPS) is 49.0. The Balaban J connectivity index is 3.15. The van der Waals surface area contributed by atoms with E-state index in [1.54, 1.807) is 0 Å². The first kappa shape index (κ1) is 13.3. The minimum Gasteiger partial charge on any atom is -0.394 e. The molecule has 0 bridgehead atoms. The van der Waals surface area contributed by atoms with Gasteiger partial charge < -0.3 is 36.0 Å². The minimum absolute atomic E-state index is 0.705. The van der Waals surface area contributed by atoms with Crippen molar-refractivity contribution in [3.05, 3.63) is 0 Å². The summed E-state index contributed by atoms with van der Waals surface area (Å²) >= 11 is 0. The number of aliphatic hydroxyl groups excluding tert-OH is 3.